The summed E-state index contributed by atoms with van der Waals surface area (Å²) in [7, 11) is 1.64. The fourth-order valence-electron chi connectivity index (χ4n) is 1.19. The molecule has 0 heterocycles. The van der Waals surface area contributed by atoms with Gasteiger partial charge in [0.2, 0.25) is 0 Å². The maximum atomic E-state index is 9.09. The average molecular weight is 245 g/mol. The number of rotatable bonds is 4. The van der Waals surface area contributed by atoms with Gasteiger partial charge in [-0.05, 0) is 17.7 Å². The van der Waals surface area contributed by atoms with E-state index in [1.54, 1.807) is 7.11 Å². The fraction of sp³-hybridized carbons (Fsp3) is 0.400. The first-order valence-electron chi connectivity index (χ1n) is 4.13. The Balaban J connectivity index is 2.73. The van der Waals surface area contributed by atoms with Crippen molar-refractivity contribution in [1.82, 2.24) is 0 Å². The van der Waals surface area contributed by atoms with Gasteiger partial charge in [0.15, 0.2) is 0 Å². The summed E-state index contributed by atoms with van der Waals surface area (Å²) in [6.45, 7) is 0.674. The molecule has 13 heavy (non-hydrogen) atoms. The molecule has 1 unspecified atom stereocenters. The predicted molar refractivity (Wildman–Crippen MR) is 55.8 cm³/mol. The van der Waals surface area contributed by atoms with Crippen LogP contribution >= 0.6 is 15.9 Å². The monoisotopic (exact) mass is 244 g/mol. The van der Waals surface area contributed by atoms with Crippen LogP contribution in [0.15, 0.2) is 28.7 Å². The maximum Gasteiger partial charge on any atom is 0.0553 e. The Morgan fingerprint density at radius 2 is 2.00 bits per heavy atom. The Morgan fingerprint density at radius 1 is 1.38 bits per heavy atom. The summed E-state index contributed by atoms with van der Waals surface area (Å²) in [5.74, 6) is 0.0816. The molecule has 0 aliphatic heterocycles. The summed E-state index contributed by atoms with van der Waals surface area (Å²) in [6, 6.07) is 7.91. The van der Waals surface area contributed by atoms with Gasteiger partial charge in [-0.3, -0.25) is 0 Å². The lowest BCUT2D eigenvalue weighted by atomic mass is 10.0. The molecule has 0 saturated carbocycles. The Morgan fingerprint density at radius 3 is 2.46 bits per heavy atom. The third-order valence-electron chi connectivity index (χ3n) is 1.93. The van der Waals surface area contributed by atoms with Crippen molar-refractivity contribution in [2.45, 2.75) is 5.92 Å². The van der Waals surface area contributed by atoms with Gasteiger partial charge in [0.05, 0.1) is 13.2 Å². The average Bonchev–Trinajstić information content (AvgIpc) is 2.16. The van der Waals surface area contributed by atoms with Gasteiger partial charge >= 0.3 is 0 Å². The molecule has 0 aromatic heterocycles. The summed E-state index contributed by atoms with van der Waals surface area (Å²) in [5.41, 5.74) is 1.10. The zero-order chi connectivity index (χ0) is 9.68. The molecule has 0 aliphatic rings. The van der Waals surface area contributed by atoms with Crippen LogP contribution in [0.2, 0.25) is 0 Å². The van der Waals surface area contributed by atoms with Crippen molar-refractivity contribution in [3.05, 3.63) is 34.3 Å². The van der Waals surface area contributed by atoms with Gasteiger partial charge < -0.3 is 9.84 Å². The molecule has 72 valence electrons. The topological polar surface area (TPSA) is 29.5 Å². The van der Waals surface area contributed by atoms with E-state index in [0.717, 1.165) is 10.0 Å². The number of hydrogen-bond donors (Lipinski definition) is 1. The molecule has 0 bridgehead atoms. The minimum atomic E-state index is 0.0816. The number of benzene rings is 1. The summed E-state index contributed by atoms with van der Waals surface area (Å²) in [5, 5.41) is 9.09. The zero-order valence-electron chi connectivity index (χ0n) is 7.53. The molecule has 1 aromatic rings. The summed E-state index contributed by atoms with van der Waals surface area (Å²) >= 11 is 3.36. The van der Waals surface area contributed by atoms with E-state index >= 15 is 0 Å². The van der Waals surface area contributed by atoms with Crippen LogP contribution in [-0.2, 0) is 4.74 Å². The molecule has 3 heteroatoms. The Labute approximate surface area is 86.7 Å². The third-order valence-corrected chi connectivity index (χ3v) is 2.46. The highest BCUT2D eigenvalue weighted by Gasteiger charge is 2.08. The fourth-order valence-corrected chi connectivity index (χ4v) is 1.45. The van der Waals surface area contributed by atoms with Crippen LogP contribution in [0.25, 0.3) is 0 Å². The van der Waals surface area contributed by atoms with E-state index in [1.165, 1.54) is 0 Å². The van der Waals surface area contributed by atoms with Crippen LogP contribution < -0.4 is 0 Å². The van der Waals surface area contributed by atoms with Gasteiger partial charge in [-0.25, -0.2) is 0 Å². The van der Waals surface area contributed by atoms with E-state index in [1.807, 2.05) is 24.3 Å². The quantitative estimate of drug-likeness (QED) is 0.880. The molecule has 0 aliphatic carbocycles. The Hall–Kier alpha value is -0.380. The van der Waals surface area contributed by atoms with E-state index in [4.69, 9.17) is 9.84 Å². The van der Waals surface area contributed by atoms with Crippen LogP contribution in [0.5, 0.6) is 0 Å². The molecule has 1 N–H and O–H groups in total. The van der Waals surface area contributed by atoms with Crippen molar-refractivity contribution in [2.24, 2.45) is 0 Å². The molecule has 1 aromatic carbocycles. The lowest BCUT2D eigenvalue weighted by molar-refractivity contribution is 0.144. The third kappa shape index (κ3) is 3.10. The van der Waals surface area contributed by atoms with Crippen LogP contribution in [0.4, 0.5) is 0 Å². The normalized spacial score (nSPS) is 12.8. The number of aliphatic hydroxyl groups excluding tert-OH is 1. The van der Waals surface area contributed by atoms with Gasteiger partial charge in [-0.15, -0.1) is 0 Å². The first kappa shape index (κ1) is 10.7. The van der Waals surface area contributed by atoms with E-state index in [0.29, 0.717) is 6.61 Å². The van der Waals surface area contributed by atoms with Crippen molar-refractivity contribution in [3.63, 3.8) is 0 Å². The lowest BCUT2D eigenvalue weighted by Gasteiger charge is -2.12. The zero-order valence-corrected chi connectivity index (χ0v) is 9.12. The minimum absolute atomic E-state index is 0.0816. The highest BCUT2D eigenvalue weighted by Crippen LogP contribution is 2.18. The van der Waals surface area contributed by atoms with Gasteiger partial charge in [0.25, 0.3) is 0 Å². The van der Waals surface area contributed by atoms with Crippen molar-refractivity contribution in [2.75, 3.05) is 20.3 Å². The summed E-state index contributed by atoms with van der Waals surface area (Å²) in [6.07, 6.45) is 0. The standard InChI is InChI=1S/C10H13BrO2/c1-13-7-9(6-12)8-2-4-10(11)5-3-8/h2-5,9,12H,6-7H2,1H3. The second kappa shape index (κ2) is 5.37. The highest BCUT2D eigenvalue weighted by molar-refractivity contribution is 9.10. The SMILES string of the molecule is COCC(CO)c1ccc(Br)cc1. The maximum absolute atomic E-state index is 9.09. The summed E-state index contributed by atoms with van der Waals surface area (Å²) < 4.78 is 6.05. The van der Waals surface area contributed by atoms with Crippen LogP contribution in [0.3, 0.4) is 0 Å². The first-order chi connectivity index (χ1) is 6.27. The molecule has 2 nitrogen and oxygen atoms in total. The molecule has 0 fully saturated rings. The molecule has 0 radical (unpaired) electrons. The van der Waals surface area contributed by atoms with E-state index in [9.17, 15) is 0 Å². The predicted octanol–water partition coefficient (Wildman–Crippen LogP) is 2.17. The number of halogens is 1. The molecule has 0 saturated heterocycles. The number of methoxy groups -OCH3 is 1. The van der Waals surface area contributed by atoms with Gasteiger partial charge in [0, 0.05) is 17.5 Å². The van der Waals surface area contributed by atoms with Crippen molar-refractivity contribution >= 4 is 15.9 Å². The highest BCUT2D eigenvalue weighted by atomic mass is 79.9. The van der Waals surface area contributed by atoms with Gasteiger partial charge in [0.1, 0.15) is 0 Å². The molecule has 1 atom stereocenters. The van der Waals surface area contributed by atoms with E-state index < -0.39 is 0 Å². The lowest BCUT2D eigenvalue weighted by Crippen LogP contribution is -2.10. The van der Waals surface area contributed by atoms with Crippen LogP contribution in [0.1, 0.15) is 11.5 Å². The number of ether oxygens (including phenoxy) is 1. The first-order valence-corrected chi connectivity index (χ1v) is 4.92. The molecule has 0 amide bonds. The van der Waals surface area contributed by atoms with Crippen LogP contribution in [0, 0.1) is 0 Å². The van der Waals surface area contributed by atoms with Gasteiger partial charge in [-0.2, -0.15) is 0 Å². The molecular weight excluding hydrogens is 232 g/mol. The number of hydrogen-bond acceptors (Lipinski definition) is 2. The van der Waals surface area contributed by atoms with Crippen molar-refractivity contribution < 1.29 is 9.84 Å². The largest absolute Gasteiger partial charge is 0.396 e. The number of aliphatic hydroxyl groups is 1. The second-order valence-corrected chi connectivity index (χ2v) is 3.80. The van der Waals surface area contributed by atoms with Gasteiger partial charge in [-0.1, -0.05) is 28.1 Å². The summed E-state index contributed by atoms with van der Waals surface area (Å²) in [4.78, 5) is 0. The molecule has 0 spiro atoms. The van der Waals surface area contributed by atoms with Crippen molar-refractivity contribution in [1.29, 1.82) is 0 Å². The molecule has 1 rings (SSSR count). The van der Waals surface area contributed by atoms with Crippen molar-refractivity contribution in [3.8, 4) is 0 Å². The Kier molecular flexibility index (Phi) is 4.42. The smallest absolute Gasteiger partial charge is 0.0553 e. The van der Waals surface area contributed by atoms with E-state index in [2.05, 4.69) is 15.9 Å². The second-order valence-electron chi connectivity index (χ2n) is 2.89. The van der Waals surface area contributed by atoms with E-state index in [-0.39, 0.29) is 12.5 Å². The van der Waals surface area contributed by atoms with Crippen LogP contribution in [-0.4, -0.2) is 25.4 Å². The molecular formula is C10H13BrO2. The minimum Gasteiger partial charge on any atom is -0.396 e. The Bertz CT molecular complexity index is 246.